The number of hydrogen-bond donors (Lipinski definition) is 0. The van der Waals surface area contributed by atoms with Gasteiger partial charge in [0.25, 0.3) is 0 Å². The highest BCUT2D eigenvalue weighted by atomic mass is 35.5. The van der Waals surface area contributed by atoms with Crippen molar-refractivity contribution < 1.29 is 28.7 Å². The number of benzene rings is 3. The van der Waals surface area contributed by atoms with Crippen LogP contribution in [0.5, 0.6) is 5.75 Å². The molecule has 0 saturated carbocycles. The lowest BCUT2D eigenvalue weighted by molar-refractivity contribution is -0.154. The summed E-state index contributed by atoms with van der Waals surface area (Å²) in [5.74, 6) is -3.96. The number of halogens is 2. The third kappa shape index (κ3) is 3.42. The lowest BCUT2D eigenvalue weighted by atomic mass is 9.54. The Morgan fingerprint density at radius 1 is 0.821 bits per heavy atom. The van der Waals surface area contributed by atoms with Crippen LogP contribution >= 0.6 is 23.2 Å². The Morgan fingerprint density at radius 3 is 1.67 bits per heavy atom. The summed E-state index contributed by atoms with van der Waals surface area (Å²) in [5, 5.41) is 0. The molecule has 9 heteroatoms. The molecule has 3 aromatic rings. The highest BCUT2D eigenvalue weighted by molar-refractivity contribution is 6.36. The zero-order valence-corrected chi connectivity index (χ0v) is 22.5. The Morgan fingerprint density at radius 2 is 1.26 bits per heavy atom. The molecule has 1 fully saturated rings. The maximum absolute atomic E-state index is 13.8. The van der Waals surface area contributed by atoms with E-state index in [4.69, 9.17) is 32.7 Å². The maximum Gasteiger partial charge on any atom is 0.326 e. The first-order chi connectivity index (χ1) is 18.6. The minimum Gasteiger partial charge on any atom is -0.497 e. The lowest BCUT2D eigenvalue weighted by Gasteiger charge is -2.54. The second kappa shape index (κ2) is 8.93. The van der Waals surface area contributed by atoms with E-state index >= 15 is 0 Å². The van der Waals surface area contributed by atoms with Gasteiger partial charge < -0.3 is 9.47 Å². The second-order valence-corrected chi connectivity index (χ2v) is 11.1. The maximum atomic E-state index is 13.8. The number of nitrogens with zero attached hydrogens (tertiary/aromatic N) is 1. The number of imide groups is 1. The number of methoxy groups -OCH3 is 1. The van der Waals surface area contributed by atoms with E-state index < -0.39 is 57.8 Å². The number of ether oxygens (including phenoxy) is 2. The molecule has 3 aromatic carbocycles. The van der Waals surface area contributed by atoms with Crippen molar-refractivity contribution in [1.29, 1.82) is 0 Å². The fraction of sp³-hybridized carbons (Fsp3) is 0.267. The van der Waals surface area contributed by atoms with Gasteiger partial charge in [0.1, 0.15) is 22.0 Å². The van der Waals surface area contributed by atoms with Crippen LogP contribution < -0.4 is 4.74 Å². The number of carbonyl (C=O) groups is 4. The van der Waals surface area contributed by atoms with Gasteiger partial charge in [-0.05, 0) is 53.4 Å². The van der Waals surface area contributed by atoms with E-state index in [0.717, 1.165) is 4.90 Å². The van der Waals surface area contributed by atoms with Gasteiger partial charge in [-0.3, -0.25) is 24.1 Å². The fourth-order valence-corrected chi connectivity index (χ4v) is 7.39. The third-order valence-electron chi connectivity index (χ3n) is 8.02. The van der Waals surface area contributed by atoms with Gasteiger partial charge in [0, 0.05) is 5.56 Å². The third-order valence-corrected chi connectivity index (χ3v) is 9.30. The smallest absolute Gasteiger partial charge is 0.326 e. The molecule has 0 radical (unpaired) electrons. The quantitative estimate of drug-likeness (QED) is 0.191. The number of Topliss-reactive ketones (excluding diaryl/α,β-unsaturated/α-hetero) is 1. The largest absolute Gasteiger partial charge is 0.497 e. The van der Waals surface area contributed by atoms with E-state index in [2.05, 4.69) is 0 Å². The van der Waals surface area contributed by atoms with E-state index in [-0.39, 0.29) is 0 Å². The van der Waals surface area contributed by atoms with Gasteiger partial charge in [0.05, 0.1) is 18.9 Å². The van der Waals surface area contributed by atoms with Gasteiger partial charge in [-0.1, -0.05) is 48.5 Å². The van der Waals surface area contributed by atoms with Crippen LogP contribution in [0.3, 0.4) is 0 Å². The summed E-state index contributed by atoms with van der Waals surface area (Å²) in [5.41, 5.74) is 3.02. The van der Waals surface area contributed by atoms with Crippen LogP contribution in [0.4, 0.5) is 0 Å². The van der Waals surface area contributed by atoms with Crippen molar-refractivity contribution in [2.75, 3.05) is 13.7 Å². The van der Waals surface area contributed by atoms with Crippen LogP contribution in [0, 0.1) is 11.8 Å². The number of hydrogen-bond acceptors (Lipinski definition) is 6. The number of amides is 2. The summed E-state index contributed by atoms with van der Waals surface area (Å²) in [6.45, 7) is 0.782. The number of esters is 1. The van der Waals surface area contributed by atoms with E-state index in [1.807, 2.05) is 48.5 Å². The Labute approximate surface area is 234 Å². The summed E-state index contributed by atoms with van der Waals surface area (Å²) in [6.07, 6.45) is -1.13. The number of alkyl halides is 2. The first kappa shape index (κ1) is 25.6. The molecule has 0 N–H and O–H groups in total. The molecule has 198 valence electrons. The standard InChI is InChI=1S/C30H23Cl2NO6/c1-16(26(35)17-11-13-18(38-2)14-12-17)39-23(34)15-33-27(36)24-25(28(33)37)30(32)20-8-4-3-7-19(20)29(24,31)21-9-5-6-10-22(21)30/h3-14,16,24-25H,15H2,1-2H3/t16-,24-,25+,29?,30?/m1/s1. The second-order valence-electron chi connectivity index (χ2n) is 9.96. The molecule has 0 unspecified atom stereocenters. The molecule has 0 aromatic heterocycles. The van der Waals surface area contributed by atoms with Crippen molar-refractivity contribution >= 4 is 46.8 Å². The van der Waals surface area contributed by atoms with Crippen LogP contribution in [0.2, 0.25) is 0 Å². The van der Waals surface area contributed by atoms with E-state index in [9.17, 15) is 19.2 Å². The van der Waals surface area contributed by atoms with E-state index in [1.54, 1.807) is 24.3 Å². The topological polar surface area (TPSA) is 90.0 Å². The van der Waals surface area contributed by atoms with Crippen molar-refractivity contribution in [2.45, 2.75) is 22.8 Å². The Balaban J connectivity index is 1.29. The van der Waals surface area contributed by atoms with Crippen molar-refractivity contribution in [3.05, 3.63) is 101 Å². The first-order valence-electron chi connectivity index (χ1n) is 12.4. The Hall–Kier alpha value is -3.68. The number of ketones is 1. The van der Waals surface area contributed by atoms with Crippen LogP contribution in [0.1, 0.15) is 39.5 Å². The van der Waals surface area contributed by atoms with Gasteiger partial charge in [0.15, 0.2) is 6.10 Å². The Bertz CT molecular complexity index is 1430. The average Bonchev–Trinajstić information content (AvgIpc) is 3.21. The minimum absolute atomic E-state index is 0.329. The number of rotatable bonds is 6. The molecular weight excluding hydrogens is 541 g/mol. The van der Waals surface area contributed by atoms with Crippen molar-refractivity contribution in [1.82, 2.24) is 4.90 Å². The molecule has 1 saturated heterocycles. The summed E-state index contributed by atoms with van der Waals surface area (Å²) < 4.78 is 10.4. The first-order valence-corrected chi connectivity index (χ1v) is 13.2. The molecule has 4 aliphatic rings. The van der Waals surface area contributed by atoms with Gasteiger partial charge in [0.2, 0.25) is 17.6 Å². The fourth-order valence-electron chi connectivity index (χ4n) is 6.29. The van der Waals surface area contributed by atoms with Crippen LogP contribution in [-0.4, -0.2) is 48.2 Å². The number of carbonyl (C=O) groups excluding carboxylic acids is 4. The summed E-state index contributed by atoms with van der Waals surface area (Å²) in [6, 6.07) is 21.0. The van der Waals surface area contributed by atoms with Crippen molar-refractivity contribution in [2.24, 2.45) is 11.8 Å². The van der Waals surface area contributed by atoms with E-state index in [1.165, 1.54) is 14.0 Å². The molecule has 1 heterocycles. The molecule has 2 amide bonds. The van der Waals surface area contributed by atoms with Crippen LogP contribution in [0.15, 0.2) is 72.8 Å². The zero-order valence-electron chi connectivity index (χ0n) is 21.0. The average molecular weight is 564 g/mol. The van der Waals surface area contributed by atoms with Crippen LogP contribution in [-0.2, 0) is 28.9 Å². The van der Waals surface area contributed by atoms with Crippen molar-refractivity contribution in [3.63, 3.8) is 0 Å². The molecule has 0 spiro atoms. The normalized spacial score (nSPS) is 26.9. The summed E-state index contributed by atoms with van der Waals surface area (Å²) >= 11 is 14.7. The molecule has 1 aliphatic heterocycles. The molecule has 7 rings (SSSR count). The van der Waals surface area contributed by atoms with Gasteiger partial charge >= 0.3 is 5.97 Å². The minimum atomic E-state index is -1.34. The van der Waals surface area contributed by atoms with Gasteiger partial charge in [-0.15, -0.1) is 23.2 Å². The number of likely N-dealkylation sites (tertiary alicyclic amines) is 1. The SMILES string of the molecule is COc1ccc(C(=O)[C@@H](C)OC(=O)CN2C(=O)[C@@H]3[C@H](C2=O)C2(Cl)c4ccccc4C3(Cl)c3ccccc32)cc1. The predicted molar refractivity (Wildman–Crippen MR) is 143 cm³/mol. The van der Waals surface area contributed by atoms with Gasteiger partial charge in [-0.25, -0.2) is 0 Å². The van der Waals surface area contributed by atoms with E-state index in [0.29, 0.717) is 33.6 Å². The molecule has 3 aliphatic carbocycles. The molecular formula is C30H23Cl2NO6. The monoisotopic (exact) mass is 563 g/mol. The summed E-state index contributed by atoms with van der Waals surface area (Å²) in [4.78, 5) is 51.5. The predicted octanol–water partition coefficient (Wildman–Crippen LogP) is 4.40. The highest BCUT2D eigenvalue weighted by Crippen LogP contribution is 2.69. The van der Waals surface area contributed by atoms with Crippen LogP contribution in [0.25, 0.3) is 0 Å². The zero-order chi connectivity index (χ0) is 27.7. The molecule has 2 bridgehead atoms. The molecule has 3 atom stereocenters. The molecule has 39 heavy (non-hydrogen) atoms. The highest BCUT2D eigenvalue weighted by Gasteiger charge is 2.73. The molecule has 7 nitrogen and oxygen atoms in total. The lowest BCUT2D eigenvalue weighted by Crippen LogP contribution is -2.57. The Kier molecular flexibility index (Phi) is 5.86. The van der Waals surface area contributed by atoms with Gasteiger partial charge in [-0.2, -0.15) is 0 Å². The van der Waals surface area contributed by atoms with Crippen molar-refractivity contribution in [3.8, 4) is 5.75 Å². The summed E-state index contributed by atoms with van der Waals surface area (Å²) in [7, 11) is 1.51.